The summed E-state index contributed by atoms with van der Waals surface area (Å²) in [4.78, 5) is 14.2. The number of H-pyrrole nitrogens is 1. The van der Waals surface area contributed by atoms with Crippen LogP contribution in [0.2, 0.25) is 0 Å². The Labute approximate surface area is 139 Å². The molecule has 0 aliphatic heterocycles. The number of carbonyl (C=O) groups excluding carboxylic acids is 1. The predicted molar refractivity (Wildman–Crippen MR) is 91.8 cm³/mol. The van der Waals surface area contributed by atoms with Crippen molar-refractivity contribution in [3.05, 3.63) is 66.2 Å². The van der Waals surface area contributed by atoms with Gasteiger partial charge in [-0.15, -0.1) is 0 Å². The predicted octanol–water partition coefficient (Wildman–Crippen LogP) is 2.79. The molecule has 1 aromatic heterocycles. The largest absolute Gasteiger partial charge is 0.490 e. The number of amides is 1. The van der Waals surface area contributed by atoms with Gasteiger partial charge in [-0.1, -0.05) is 24.8 Å². The van der Waals surface area contributed by atoms with Crippen molar-refractivity contribution >= 4 is 16.9 Å². The quantitative estimate of drug-likeness (QED) is 0.708. The Kier molecular flexibility index (Phi) is 4.56. The Morgan fingerprint density at radius 3 is 2.71 bits per heavy atom. The fourth-order valence-electron chi connectivity index (χ4n) is 2.39. The number of ether oxygens (including phenoxy) is 1. The molecule has 0 saturated heterocycles. The maximum atomic E-state index is 12.6. The van der Waals surface area contributed by atoms with E-state index in [0.29, 0.717) is 24.2 Å². The zero-order valence-corrected chi connectivity index (χ0v) is 13.4. The van der Waals surface area contributed by atoms with Gasteiger partial charge in [0.25, 0.3) is 5.91 Å². The minimum Gasteiger partial charge on any atom is -0.490 e. The summed E-state index contributed by atoms with van der Waals surface area (Å²) in [6.07, 6.45) is 1.70. The van der Waals surface area contributed by atoms with Gasteiger partial charge in [-0.05, 0) is 35.9 Å². The summed E-state index contributed by atoms with van der Waals surface area (Å²) in [5, 5.41) is 10.5. The van der Waals surface area contributed by atoms with Crippen LogP contribution in [-0.2, 0) is 6.54 Å². The SMILES string of the molecule is C=CCOc1ccc(CN(C)C(=O)c2ccc3n[nH]nc3c2)cc1. The van der Waals surface area contributed by atoms with Crippen LogP contribution >= 0.6 is 0 Å². The molecule has 122 valence electrons. The summed E-state index contributed by atoms with van der Waals surface area (Å²) in [5.41, 5.74) is 3.03. The molecule has 0 aliphatic carbocycles. The average molecular weight is 322 g/mol. The smallest absolute Gasteiger partial charge is 0.253 e. The van der Waals surface area contributed by atoms with Gasteiger partial charge in [0.05, 0.1) is 0 Å². The van der Waals surface area contributed by atoms with Crippen molar-refractivity contribution in [2.75, 3.05) is 13.7 Å². The van der Waals surface area contributed by atoms with E-state index < -0.39 is 0 Å². The Hall–Kier alpha value is -3.15. The van der Waals surface area contributed by atoms with E-state index in [2.05, 4.69) is 22.0 Å². The fraction of sp³-hybridized carbons (Fsp3) is 0.167. The van der Waals surface area contributed by atoms with Crippen molar-refractivity contribution in [3.63, 3.8) is 0 Å². The highest BCUT2D eigenvalue weighted by molar-refractivity contribution is 5.97. The molecule has 6 heteroatoms. The highest BCUT2D eigenvalue weighted by Gasteiger charge is 2.13. The second kappa shape index (κ2) is 6.95. The van der Waals surface area contributed by atoms with Crippen LogP contribution in [0.25, 0.3) is 11.0 Å². The summed E-state index contributed by atoms with van der Waals surface area (Å²) in [6.45, 7) is 4.60. The number of rotatable bonds is 6. The van der Waals surface area contributed by atoms with Crippen molar-refractivity contribution in [2.45, 2.75) is 6.54 Å². The van der Waals surface area contributed by atoms with Gasteiger partial charge in [0.2, 0.25) is 0 Å². The lowest BCUT2D eigenvalue weighted by Crippen LogP contribution is -2.26. The van der Waals surface area contributed by atoms with Gasteiger partial charge in [-0.25, -0.2) is 0 Å². The van der Waals surface area contributed by atoms with Crippen LogP contribution in [-0.4, -0.2) is 39.9 Å². The minimum absolute atomic E-state index is 0.0631. The summed E-state index contributed by atoms with van der Waals surface area (Å²) < 4.78 is 5.45. The molecular formula is C18H18N4O2. The van der Waals surface area contributed by atoms with Crippen molar-refractivity contribution in [3.8, 4) is 5.75 Å². The normalized spacial score (nSPS) is 10.5. The number of hydrogen-bond donors (Lipinski definition) is 1. The van der Waals surface area contributed by atoms with E-state index in [4.69, 9.17) is 4.74 Å². The lowest BCUT2D eigenvalue weighted by molar-refractivity contribution is 0.0785. The second-order valence-corrected chi connectivity index (χ2v) is 5.43. The van der Waals surface area contributed by atoms with Crippen LogP contribution in [0.4, 0.5) is 0 Å². The molecule has 0 fully saturated rings. The maximum Gasteiger partial charge on any atom is 0.253 e. The van der Waals surface area contributed by atoms with Crippen molar-refractivity contribution in [2.24, 2.45) is 0 Å². The highest BCUT2D eigenvalue weighted by Crippen LogP contribution is 2.16. The van der Waals surface area contributed by atoms with E-state index in [-0.39, 0.29) is 5.91 Å². The number of aromatic nitrogens is 3. The molecular weight excluding hydrogens is 304 g/mol. The number of carbonyl (C=O) groups is 1. The molecule has 3 rings (SSSR count). The van der Waals surface area contributed by atoms with E-state index in [1.165, 1.54) is 0 Å². The molecule has 0 bridgehead atoms. The molecule has 0 aliphatic rings. The first-order chi connectivity index (χ1) is 11.7. The van der Waals surface area contributed by atoms with Crippen LogP contribution in [0.1, 0.15) is 15.9 Å². The zero-order valence-electron chi connectivity index (χ0n) is 13.4. The third-order valence-electron chi connectivity index (χ3n) is 3.62. The van der Waals surface area contributed by atoms with Gasteiger partial charge in [0, 0.05) is 19.2 Å². The van der Waals surface area contributed by atoms with Crippen LogP contribution in [0.15, 0.2) is 55.1 Å². The maximum absolute atomic E-state index is 12.6. The molecule has 0 unspecified atom stereocenters. The van der Waals surface area contributed by atoms with Gasteiger partial charge in [-0.3, -0.25) is 4.79 Å². The fourth-order valence-corrected chi connectivity index (χ4v) is 2.39. The minimum atomic E-state index is -0.0631. The van der Waals surface area contributed by atoms with Gasteiger partial charge in [0.15, 0.2) is 0 Å². The third-order valence-corrected chi connectivity index (χ3v) is 3.62. The first-order valence-corrected chi connectivity index (χ1v) is 7.56. The van der Waals surface area contributed by atoms with Crippen LogP contribution in [0, 0.1) is 0 Å². The standard InChI is InChI=1S/C18H18N4O2/c1-3-10-24-15-7-4-13(5-8-15)12-22(2)18(23)14-6-9-16-17(11-14)20-21-19-16/h3-9,11H,1,10,12H2,2H3,(H,19,20,21). The molecule has 6 nitrogen and oxygen atoms in total. The molecule has 0 radical (unpaired) electrons. The summed E-state index contributed by atoms with van der Waals surface area (Å²) in [7, 11) is 1.78. The topological polar surface area (TPSA) is 71.1 Å². The number of aromatic amines is 1. The molecule has 3 aromatic rings. The number of benzene rings is 2. The molecule has 0 saturated carbocycles. The molecule has 2 aromatic carbocycles. The molecule has 24 heavy (non-hydrogen) atoms. The molecule has 1 heterocycles. The number of fused-ring (bicyclic) bond motifs is 1. The highest BCUT2D eigenvalue weighted by atomic mass is 16.5. The first kappa shape index (κ1) is 15.7. The third kappa shape index (κ3) is 3.43. The second-order valence-electron chi connectivity index (χ2n) is 5.43. The summed E-state index contributed by atoms with van der Waals surface area (Å²) in [5.74, 6) is 0.719. The van der Waals surface area contributed by atoms with Gasteiger partial charge in [0.1, 0.15) is 23.4 Å². The number of nitrogens with one attached hydrogen (secondary N) is 1. The summed E-state index contributed by atoms with van der Waals surface area (Å²) in [6, 6.07) is 13.0. The van der Waals surface area contributed by atoms with Crippen molar-refractivity contribution in [1.29, 1.82) is 0 Å². The van der Waals surface area contributed by atoms with Crippen molar-refractivity contribution in [1.82, 2.24) is 20.3 Å². The first-order valence-electron chi connectivity index (χ1n) is 7.56. The monoisotopic (exact) mass is 322 g/mol. The number of hydrogen-bond acceptors (Lipinski definition) is 4. The van der Waals surface area contributed by atoms with Crippen LogP contribution < -0.4 is 4.74 Å². The van der Waals surface area contributed by atoms with E-state index in [1.807, 2.05) is 24.3 Å². The number of nitrogens with zero attached hydrogens (tertiary/aromatic N) is 3. The Balaban J connectivity index is 1.68. The molecule has 1 N–H and O–H groups in total. The van der Waals surface area contributed by atoms with Crippen molar-refractivity contribution < 1.29 is 9.53 Å². The molecule has 1 amide bonds. The molecule has 0 spiro atoms. The summed E-state index contributed by atoms with van der Waals surface area (Å²) >= 11 is 0. The Morgan fingerprint density at radius 1 is 1.21 bits per heavy atom. The van der Waals surface area contributed by atoms with E-state index in [0.717, 1.165) is 16.8 Å². The van der Waals surface area contributed by atoms with E-state index >= 15 is 0 Å². The van der Waals surface area contributed by atoms with E-state index in [1.54, 1.807) is 36.2 Å². The van der Waals surface area contributed by atoms with Crippen LogP contribution in [0.3, 0.4) is 0 Å². The van der Waals surface area contributed by atoms with Gasteiger partial charge < -0.3 is 9.64 Å². The lowest BCUT2D eigenvalue weighted by Gasteiger charge is -2.17. The van der Waals surface area contributed by atoms with Gasteiger partial charge >= 0.3 is 0 Å². The zero-order chi connectivity index (χ0) is 16.9. The Morgan fingerprint density at radius 2 is 1.96 bits per heavy atom. The van der Waals surface area contributed by atoms with Crippen LogP contribution in [0.5, 0.6) is 5.75 Å². The molecule has 0 atom stereocenters. The average Bonchev–Trinajstić information content (AvgIpc) is 3.08. The Bertz CT molecular complexity index is 855. The van der Waals surface area contributed by atoms with E-state index in [9.17, 15) is 4.79 Å². The lowest BCUT2D eigenvalue weighted by atomic mass is 10.1. The van der Waals surface area contributed by atoms with Gasteiger partial charge in [-0.2, -0.15) is 15.4 Å².